The van der Waals surface area contributed by atoms with Crippen LogP contribution < -0.4 is 10.6 Å². The van der Waals surface area contributed by atoms with Crippen molar-refractivity contribution in [3.05, 3.63) is 24.0 Å². The fourth-order valence-corrected chi connectivity index (χ4v) is 1.91. The highest BCUT2D eigenvalue weighted by molar-refractivity contribution is 5.98. The first-order chi connectivity index (χ1) is 7.68. The predicted molar refractivity (Wildman–Crippen MR) is 65.0 cm³/mol. The SMILES string of the molecule is CN1CCN(c2cccnc2C(=N)N)CC1. The highest BCUT2D eigenvalue weighted by Gasteiger charge is 2.18. The van der Waals surface area contributed by atoms with Crippen molar-refractivity contribution in [1.29, 1.82) is 5.41 Å². The smallest absolute Gasteiger partial charge is 0.143 e. The molecule has 1 fully saturated rings. The summed E-state index contributed by atoms with van der Waals surface area (Å²) in [6, 6.07) is 3.87. The minimum absolute atomic E-state index is 0.0366. The summed E-state index contributed by atoms with van der Waals surface area (Å²) in [6.45, 7) is 3.99. The lowest BCUT2D eigenvalue weighted by Gasteiger charge is -2.34. The molecule has 5 heteroatoms. The van der Waals surface area contributed by atoms with Crippen LogP contribution in [0.15, 0.2) is 18.3 Å². The topological polar surface area (TPSA) is 69.2 Å². The highest BCUT2D eigenvalue weighted by atomic mass is 15.3. The Hall–Kier alpha value is -1.62. The maximum Gasteiger partial charge on any atom is 0.143 e. The molecule has 0 bridgehead atoms. The number of nitrogen functional groups attached to an aromatic ring is 1. The van der Waals surface area contributed by atoms with Crippen LogP contribution in [0.3, 0.4) is 0 Å². The molecule has 5 nitrogen and oxygen atoms in total. The number of piperazine rings is 1. The van der Waals surface area contributed by atoms with Crippen LogP contribution in [0.2, 0.25) is 0 Å². The molecule has 0 amide bonds. The van der Waals surface area contributed by atoms with Crippen molar-refractivity contribution in [2.45, 2.75) is 0 Å². The summed E-state index contributed by atoms with van der Waals surface area (Å²) in [5.41, 5.74) is 7.10. The molecule has 16 heavy (non-hydrogen) atoms. The minimum atomic E-state index is 0.0366. The second-order valence-electron chi connectivity index (χ2n) is 4.08. The Morgan fingerprint density at radius 1 is 1.38 bits per heavy atom. The third kappa shape index (κ3) is 2.14. The number of likely N-dealkylation sites (N-methyl/N-ethyl adjacent to an activating group) is 1. The Bertz CT molecular complexity index is 382. The molecule has 0 atom stereocenters. The van der Waals surface area contributed by atoms with E-state index < -0.39 is 0 Å². The van der Waals surface area contributed by atoms with Crippen molar-refractivity contribution in [3.63, 3.8) is 0 Å². The van der Waals surface area contributed by atoms with Crippen LogP contribution >= 0.6 is 0 Å². The van der Waals surface area contributed by atoms with Gasteiger partial charge in [-0.2, -0.15) is 0 Å². The van der Waals surface area contributed by atoms with Gasteiger partial charge in [-0.25, -0.2) is 0 Å². The van der Waals surface area contributed by atoms with Crippen LogP contribution in [-0.2, 0) is 0 Å². The van der Waals surface area contributed by atoms with E-state index in [-0.39, 0.29) is 5.84 Å². The van der Waals surface area contributed by atoms with Crippen molar-refractivity contribution in [3.8, 4) is 0 Å². The first-order valence-electron chi connectivity index (χ1n) is 5.41. The Morgan fingerprint density at radius 2 is 2.06 bits per heavy atom. The van der Waals surface area contributed by atoms with Crippen LogP contribution in [0, 0.1) is 5.41 Å². The van der Waals surface area contributed by atoms with Gasteiger partial charge in [-0.3, -0.25) is 10.4 Å². The molecule has 0 aromatic carbocycles. The van der Waals surface area contributed by atoms with Gasteiger partial charge in [0.15, 0.2) is 0 Å². The van der Waals surface area contributed by atoms with Crippen LogP contribution in [-0.4, -0.2) is 48.9 Å². The number of amidine groups is 1. The van der Waals surface area contributed by atoms with Crippen LogP contribution in [0.1, 0.15) is 5.69 Å². The molecular weight excluding hydrogens is 202 g/mol. The number of nitrogens with two attached hydrogens (primary N) is 1. The molecule has 0 saturated carbocycles. The van der Waals surface area contributed by atoms with Gasteiger partial charge in [0.1, 0.15) is 11.5 Å². The number of nitrogens with one attached hydrogen (secondary N) is 1. The molecule has 1 aromatic rings. The standard InChI is InChI=1S/C11H17N5/c1-15-5-7-16(8-6-15)9-3-2-4-14-10(9)11(12)13/h2-4H,5-8H2,1H3,(H3,12,13). The number of hydrogen-bond acceptors (Lipinski definition) is 4. The summed E-state index contributed by atoms with van der Waals surface area (Å²) in [6.07, 6.45) is 1.68. The molecule has 0 aliphatic carbocycles. The molecule has 1 aromatic heterocycles. The number of anilines is 1. The largest absolute Gasteiger partial charge is 0.382 e. The molecule has 1 aliphatic rings. The molecule has 0 radical (unpaired) electrons. The Balaban J connectivity index is 2.23. The third-order valence-corrected chi connectivity index (χ3v) is 2.89. The lowest BCUT2D eigenvalue weighted by Crippen LogP contribution is -2.45. The number of rotatable bonds is 2. The molecule has 1 saturated heterocycles. The molecular formula is C11H17N5. The van der Waals surface area contributed by atoms with E-state index >= 15 is 0 Å². The lowest BCUT2D eigenvalue weighted by atomic mass is 10.2. The lowest BCUT2D eigenvalue weighted by molar-refractivity contribution is 0.312. The van der Waals surface area contributed by atoms with Gasteiger partial charge in [0.2, 0.25) is 0 Å². The van der Waals surface area contributed by atoms with Crippen LogP contribution in [0.25, 0.3) is 0 Å². The number of nitrogens with zero attached hydrogens (tertiary/aromatic N) is 3. The third-order valence-electron chi connectivity index (χ3n) is 2.89. The van der Waals surface area contributed by atoms with Gasteiger partial charge in [0, 0.05) is 32.4 Å². The Morgan fingerprint density at radius 3 is 2.69 bits per heavy atom. The summed E-state index contributed by atoms with van der Waals surface area (Å²) in [4.78, 5) is 8.70. The number of pyridine rings is 1. The fourth-order valence-electron chi connectivity index (χ4n) is 1.91. The molecule has 2 heterocycles. The average molecular weight is 219 g/mol. The monoisotopic (exact) mass is 219 g/mol. The fraction of sp³-hybridized carbons (Fsp3) is 0.455. The van der Waals surface area contributed by atoms with Gasteiger partial charge in [0.05, 0.1) is 5.69 Å². The Kier molecular flexibility index (Phi) is 3.05. The zero-order valence-corrected chi connectivity index (χ0v) is 9.48. The number of aromatic nitrogens is 1. The maximum atomic E-state index is 7.51. The second kappa shape index (κ2) is 4.49. The van der Waals surface area contributed by atoms with Gasteiger partial charge >= 0.3 is 0 Å². The zero-order chi connectivity index (χ0) is 11.5. The van der Waals surface area contributed by atoms with E-state index in [0.29, 0.717) is 5.69 Å². The van der Waals surface area contributed by atoms with Gasteiger partial charge in [-0.15, -0.1) is 0 Å². The summed E-state index contributed by atoms with van der Waals surface area (Å²) >= 11 is 0. The van der Waals surface area contributed by atoms with Gasteiger partial charge in [-0.1, -0.05) is 0 Å². The van der Waals surface area contributed by atoms with Crippen molar-refractivity contribution >= 4 is 11.5 Å². The zero-order valence-electron chi connectivity index (χ0n) is 9.48. The predicted octanol–water partition coefficient (Wildman–Crippen LogP) is 0.117. The first kappa shape index (κ1) is 10.9. The van der Waals surface area contributed by atoms with E-state index in [1.54, 1.807) is 6.20 Å². The Labute approximate surface area is 95.4 Å². The first-order valence-corrected chi connectivity index (χ1v) is 5.41. The van der Waals surface area contributed by atoms with Gasteiger partial charge in [-0.05, 0) is 19.2 Å². The highest BCUT2D eigenvalue weighted by Crippen LogP contribution is 2.19. The summed E-state index contributed by atoms with van der Waals surface area (Å²) in [5.74, 6) is 0.0366. The quantitative estimate of drug-likeness (QED) is 0.547. The van der Waals surface area contributed by atoms with Crippen molar-refractivity contribution in [2.75, 3.05) is 38.1 Å². The van der Waals surface area contributed by atoms with E-state index in [1.165, 1.54) is 0 Å². The molecule has 3 N–H and O–H groups in total. The van der Waals surface area contributed by atoms with Crippen molar-refractivity contribution in [2.24, 2.45) is 5.73 Å². The van der Waals surface area contributed by atoms with Crippen molar-refractivity contribution in [1.82, 2.24) is 9.88 Å². The molecule has 86 valence electrons. The maximum absolute atomic E-state index is 7.51. The number of hydrogen-bond donors (Lipinski definition) is 2. The summed E-state index contributed by atoms with van der Waals surface area (Å²) in [5, 5.41) is 7.51. The van der Waals surface area contributed by atoms with Crippen LogP contribution in [0.4, 0.5) is 5.69 Å². The minimum Gasteiger partial charge on any atom is -0.382 e. The molecule has 2 rings (SSSR count). The molecule has 0 unspecified atom stereocenters. The van der Waals surface area contributed by atoms with E-state index in [4.69, 9.17) is 11.1 Å². The summed E-state index contributed by atoms with van der Waals surface area (Å²) < 4.78 is 0. The van der Waals surface area contributed by atoms with E-state index in [2.05, 4.69) is 21.8 Å². The summed E-state index contributed by atoms with van der Waals surface area (Å²) in [7, 11) is 2.12. The second-order valence-corrected chi connectivity index (χ2v) is 4.08. The van der Waals surface area contributed by atoms with Crippen molar-refractivity contribution < 1.29 is 0 Å². The van der Waals surface area contributed by atoms with Crippen LogP contribution in [0.5, 0.6) is 0 Å². The van der Waals surface area contributed by atoms with E-state index in [1.807, 2.05) is 12.1 Å². The average Bonchev–Trinajstić information content (AvgIpc) is 2.30. The molecule has 0 spiro atoms. The van der Waals surface area contributed by atoms with Gasteiger partial charge < -0.3 is 15.5 Å². The molecule has 1 aliphatic heterocycles. The van der Waals surface area contributed by atoms with E-state index in [9.17, 15) is 0 Å². The van der Waals surface area contributed by atoms with E-state index in [0.717, 1.165) is 31.9 Å². The normalized spacial score (nSPS) is 17.4. The van der Waals surface area contributed by atoms with Gasteiger partial charge in [0.25, 0.3) is 0 Å².